The van der Waals surface area contributed by atoms with Gasteiger partial charge in [0.15, 0.2) is 11.5 Å². The molecule has 2 rings (SSSR count). The Kier molecular flexibility index (Phi) is 4.93. The van der Waals surface area contributed by atoms with E-state index in [0.717, 1.165) is 23.5 Å². The number of benzene rings is 2. The summed E-state index contributed by atoms with van der Waals surface area (Å²) in [5.74, 6) is 2.18. The molecule has 0 fully saturated rings. The van der Waals surface area contributed by atoms with Gasteiger partial charge in [-0.25, -0.2) is 0 Å². The topological polar surface area (TPSA) is 53.7 Å². The predicted octanol–water partition coefficient (Wildman–Crippen LogP) is 3.43. The number of hydrogen-bond acceptors (Lipinski definition) is 4. The third-order valence-electron chi connectivity index (χ3n) is 3.33. The maximum absolute atomic E-state index is 5.85. The Balaban J connectivity index is 2.16. The molecule has 21 heavy (non-hydrogen) atoms. The molecule has 0 aliphatic heterocycles. The second kappa shape index (κ2) is 6.88. The third kappa shape index (κ3) is 3.60. The summed E-state index contributed by atoms with van der Waals surface area (Å²) in [4.78, 5) is 0. The van der Waals surface area contributed by atoms with Gasteiger partial charge in [0.25, 0.3) is 0 Å². The van der Waals surface area contributed by atoms with Gasteiger partial charge in [-0.05, 0) is 36.2 Å². The molecule has 0 saturated heterocycles. The van der Waals surface area contributed by atoms with Crippen molar-refractivity contribution in [2.75, 3.05) is 20.0 Å². The molecule has 0 aromatic heterocycles. The van der Waals surface area contributed by atoms with Gasteiger partial charge in [0.05, 0.1) is 14.2 Å². The zero-order valence-electron chi connectivity index (χ0n) is 12.7. The molecule has 112 valence electrons. The van der Waals surface area contributed by atoms with Crippen molar-refractivity contribution in [1.82, 2.24) is 0 Å². The van der Waals surface area contributed by atoms with Crippen LogP contribution in [0, 0.1) is 0 Å². The largest absolute Gasteiger partial charge is 0.496 e. The molecule has 0 aliphatic carbocycles. The van der Waals surface area contributed by atoms with E-state index in [9.17, 15) is 0 Å². The highest BCUT2D eigenvalue weighted by Crippen LogP contribution is 2.30. The maximum atomic E-state index is 5.85. The van der Waals surface area contributed by atoms with Crippen LogP contribution in [-0.4, -0.2) is 14.2 Å². The van der Waals surface area contributed by atoms with Gasteiger partial charge in [-0.3, -0.25) is 0 Å². The highest BCUT2D eigenvalue weighted by molar-refractivity contribution is 5.49. The molecule has 0 unspecified atom stereocenters. The highest BCUT2D eigenvalue weighted by Gasteiger charge is 2.08. The number of nitrogen functional groups attached to an aromatic ring is 1. The molecule has 4 nitrogen and oxygen atoms in total. The first-order valence-electron chi connectivity index (χ1n) is 6.90. The Morgan fingerprint density at radius 1 is 0.905 bits per heavy atom. The van der Waals surface area contributed by atoms with Crippen LogP contribution >= 0.6 is 0 Å². The Morgan fingerprint density at radius 2 is 1.67 bits per heavy atom. The van der Waals surface area contributed by atoms with Crippen molar-refractivity contribution in [3.8, 4) is 17.2 Å². The summed E-state index contributed by atoms with van der Waals surface area (Å²) in [6.45, 7) is 2.50. The van der Waals surface area contributed by atoms with E-state index in [0.29, 0.717) is 18.0 Å². The number of hydrogen-bond donors (Lipinski definition) is 1. The number of nitrogens with two attached hydrogens (primary N) is 1. The fraction of sp³-hybridized carbons (Fsp3) is 0.294. The summed E-state index contributed by atoms with van der Waals surface area (Å²) < 4.78 is 16.5. The lowest BCUT2D eigenvalue weighted by atomic mass is 10.1. The minimum atomic E-state index is 0.394. The Hall–Kier alpha value is -2.36. The van der Waals surface area contributed by atoms with Gasteiger partial charge in [0, 0.05) is 17.3 Å². The van der Waals surface area contributed by atoms with Crippen molar-refractivity contribution in [2.24, 2.45) is 0 Å². The number of ether oxygens (including phenoxy) is 3. The van der Waals surface area contributed by atoms with Crippen molar-refractivity contribution >= 4 is 5.69 Å². The van der Waals surface area contributed by atoms with E-state index in [-0.39, 0.29) is 0 Å². The third-order valence-corrected chi connectivity index (χ3v) is 3.33. The van der Waals surface area contributed by atoms with E-state index in [4.69, 9.17) is 19.9 Å². The summed E-state index contributed by atoms with van der Waals surface area (Å²) in [5, 5.41) is 0. The highest BCUT2D eigenvalue weighted by atomic mass is 16.5. The molecule has 0 radical (unpaired) electrons. The van der Waals surface area contributed by atoms with Crippen LogP contribution in [0.5, 0.6) is 17.2 Å². The lowest BCUT2D eigenvalue weighted by molar-refractivity contribution is 0.278. The van der Waals surface area contributed by atoms with Crippen molar-refractivity contribution in [1.29, 1.82) is 0 Å². The van der Waals surface area contributed by atoms with Gasteiger partial charge in [-0.15, -0.1) is 0 Å². The molecule has 2 aromatic rings. The smallest absolute Gasteiger partial charge is 0.161 e. The molecule has 0 saturated carbocycles. The van der Waals surface area contributed by atoms with Gasteiger partial charge in [0.1, 0.15) is 12.4 Å². The lowest BCUT2D eigenvalue weighted by Crippen LogP contribution is -2.01. The maximum Gasteiger partial charge on any atom is 0.161 e. The molecule has 0 bridgehead atoms. The van der Waals surface area contributed by atoms with Crippen molar-refractivity contribution < 1.29 is 14.2 Å². The van der Waals surface area contributed by atoms with Crippen molar-refractivity contribution in [3.05, 3.63) is 47.5 Å². The van der Waals surface area contributed by atoms with Crippen LogP contribution in [0.3, 0.4) is 0 Å². The molecular formula is C17H21NO3. The summed E-state index contributed by atoms with van der Waals surface area (Å²) in [7, 11) is 3.26. The van der Waals surface area contributed by atoms with Crippen LogP contribution in [0.15, 0.2) is 36.4 Å². The van der Waals surface area contributed by atoms with E-state index < -0.39 is 0 Å². The quantitative estimate of drug-likeness (QED) is 0.827. The minimum absolute atomic E-state index is 0.394. The Labute approximate surface area is 125 Å². The predicted molar refractivity (Wildman–Crippen MR) is 84.1 cm³/mol. The van der Waals surface area contributed by atoms with Gasteiger partial charge >= 0.3 is 0 Å². The average molecular weight is 287 g/mol. The van der Waals surface area contributed by atoms with E-state index >= 15 is 0 Å². The molecule has 0 amide bonds. The lowest BCUT2D eigenvalue weighted by Gasteiger charge is -2.14. The molecule has 4 heteroatoms. The van der Waals surface area contributed by atoms with E-state index in [2.05, 4.69) is 6.92 Å². The van der Waals surface area contributed by atoms with E-state index in [1.807, 2.05) is 30.3 Å². The van der Waals surface area contributed by atoms with Gasteiger partial charge in [-0.2, -0.15) is 0 Å². The fourth-order valence-electron chi connectivity index (χ4n) is 2.09. The number of anilines is 1. The summed E-state index contributed by atoms with van der Waals surface area (Å²) in [5.41, 5.74) is 8.56. The molecule has 2 N–H and O–H groups in total. The van der Waals surface area contributed by atoms with Gasteiger partial charge in [0.2, 0.25) is 0 Å². The van der Waals surface area contributed by atoms with Crippen LogP contribution in [0.25, 0.3) is 0 Å². The second-order valence-corrected chi connectivity index (χ2v) is 4.70. The van der Waals surface area contributed by atoms with Crippen molar-refractivity contribution in [3.63, 3.8) is 0 Å². The zero-order chi connectivity index (χ0) is 15.2. The first-order valence-corrected chi connectivity index (χ1v) is 6.90. The number of aryl methyl sites for hydroxylation is 1. The standard InChI is InChI=1S/C17H21NO3/c1-4-12-5-8-15(17(9-12)20-3)21-11-13-6-7-14(18)10-16(13)19-2/h5-10H,4,11,18H2,1-3H3. The van der Waals surface area contributed by atoms with Crippen LogP contribution in [0.2, 0.25) is 0 Å². The zero-order valence-corrected chi connectivity index (χ0v) is 12.7. The van der Waals surface area contributed by atoms with Gasteiger partial charge < -0.3 is 19.9 Å². The summed E-state index contributed by atoms with van der Waals surface area (Å²) in [6, 6.07) is 11.5. The minimum Gasteiger partial charge on any atom is -0.496 e. The molecule has 2 aromatic carbocycles. The molecule has 0 spiro atoms. The van der Waals surface area contributed by atoms with Crippen LogP contribution in [0.1, 0.15) is 18.1 Å². The second-order valence-electron chi connectivity index (χ2n) is 4.70. The fourth-order valence-corrected chi connectivity index (χ4v) is 2.09. The first-order chi connectivity index (χ1) is 10.2. The Bertz CT molecular complexity index is 611. The SMILES string of the molecule is CCc1ccc(OCc2ccc(N)cc2OC)c(OC)c1. The number of rotatable bonds is 6. The van der Waals surface area contributed by atoms with Crippen LogP contribution in [-0.2, 0) is 13.0 Å². The average Bonchev–Trinajstić information content (AvgIpc) is 2.53. The van der Waals surface area contributed by atoms with E-state index in [1.54, 1.807) is 20.3 Å². The molecular weight excluding hydrogens is 266 g/mol. The van der Waals surface area contributed by atoms with Crippen LogP contribution in [0.4, 0.5) is 5.69 Å². The summed E-state index contributed by atoms with van der Waals surface area (Å²) >= 11 is 0. The molecule has 0 heterocycles. The number of methoxy groups -OCH3 is 2. The normalized spacial score (nSPS) is 10.2. The monoisotopic (exact) mass is 287 g/mol. The van der Waals surface area contributed by atoms with Crippen molar-refractivity contribution in [2.45, 2.75) is 20.0 Å². The summed E-state index contributed by atoms with van der Waals surface area (Å²) in [6.07, 6.45) is 0.961. The molecule has 0 aliphatic rings. The van der Waals surface area contributed by atoms with Crippen LogP contribution < -0.4 is 19.9 Å². The Morgan fingerprint density at radius 3 is 2.33 bits per heavy atom. The van der Waals surface area contributed by atoms with E-state index in [1.165, 1.54) is 5.56 Å². The van der Waals surface area contributed by atoms with Gasteiger partial charge in [-0.1, -0.05) is 13.0 Å². The molecule has 0 atom stereocenters. The first kappa shape index (κ1) is 15.0.